The first-order valence-corrected chi connectivity index (χ1v) is 13.3. The van der Waals surface area contributed by atoms with E-state index in [2.05, 4.69) is 10.6 Å². The summed E-state index contributed by atoms with van der Waals surface area (Å²) >= 11 is 0. The van der Waals surface area contributed by atoms with Gasteiger partial charge in [-0.05, 0) is 47.4 Å². The van der Waals surface area contributed by atoms with Crippen LogP contribution in [0.3, 0.4) is 0 Å². The number of anilines is 1. The third-order valence-electron chi connectivity index (χ3n) is 6.06. The van der Waals surface area contributed by atoms with Gasteiger partial charge in [-0.25, -0.2) is 9.59 Å². The highest BCUT2D eigenvalue weighted by Gasteiger charge is 2.24. The van der Waals surface area contributed by atoms with E-state index in [0.29, 0.717) is 18.0 Å². The third-order valence-corrected chi connectivity index (χ3v) is 6.06. The second-order valence-electron chi connectivity index (χ2n) is 9.24. The molecule has 0 aliphatic rings. The average Bonchev–Trinajstić information content (AvgIpc) is 3.02. The molecule has 4 aromatic rings. The van der Waals surface area contributed by atoms with Crippen LogP contribution in [0, 0.1) is 0 Å². The molecule has 2 N–H and O–H groups in total. The van der Waals surface area contributed by atoms with E-state index in [0.717, 1.165) is 16.7 Å². The van der Waals surface area contributed by atoms with E-state index < -0.39 is 18.1 Å². The summed E-state index contributed by atoms with van der Waals surface area (Å²) in [5, 5.41) is 5.35. The summed E-state index contributed by atoms with van der Waals surface area (Å²) in [7, 11) is 0. The van der Waals surface area contributed by atoms with Crippen LogP contribution in [0.2, 0.25) is 0 Å². The van der Waals surface area contributed by atoms with Crippen LogP contribution >= 0.6 is 0 Å². The van der Waals surface area contributed by atoms with E-state index in [1.165, 1.54) is 0 Å². The standard InChI is InChI=1S/C33H32N2O6/c36-31(34-28-16-18-29(19-17-28)39-22-25-10-4-1-5-11-25)21-20-30(32(37)40-23-26-12-6-2-7-13-26)35-33(38)41-24-27-14-8-3-9-15-27/h1-19,30H,20-24H2,(H,34,36)(H,35,38)/t30-/m0/s1. The number of alkyl carbamates (subject to hydrolysis) is 1. The second-order valence-corrected chi connectivity index (χ2v) is 9.24. The maximum atomic E-state index is 12.9. The van der Waals surface area contributed by atoms with Crippen molar-refractivity contribution in [2.45, 2.75) is 38.7 Å². The zero-order chi connectivity index (χ0) is 28.7. The van der Waals surface area contributed by atoms with E-state index in [4.69, 9.17) is 14.2 Å². The molecule has 1 atom stereocenters. The summed E-state index contributed by atoms with van der Waals surface area (Å²) in [6.45, 7) is 0.529. The Bertz CT molecular complexity index is 1380. The molecule has 0 saturated heterocycles. The topological polar surface area (TPSA) is 103 Å². The quantitative estimate of drug-likeness (QED) is 0.197. The number of hydrogen-bond donors (Lipinski definition) is 2. The largest absolute Gasteiger partial charge is 0.489 e. The summed E-state index contributed by atoms with van der Waals surface area (Å²) in [5.41, 5.74) is 3.25. The molecule has 4 aromatic carbocycles. The Morgan fingerprint density at radius 3 is 1.68 bits per heavy atom. The molecule has 0 bridgehead atoms. The van der Waals surface area contributed by atoms with E-state index in [-0.39, 0.29) is 32.0 Å². The van der Waals surface area contributed by atoms with Crippen molar-refractivity contribution >= 4 is 23.7 Å². The van der Waals surface area contributed by atoms with Crippen molar-refractivity contribution < 1.29 is 28.6 Å². The molecule has 0 aromatic heterocycles. The fourth-order valence-electron chi connectivity index (χ4n) is 3.86. The molecule has 8 heteroatoms. The minimum Gasteiger partial charge on any atom is -0.489 e. The predicted molar refractivity (Wildman–Crippen MR) is 155 cm³/mol. The monoisotopic (exact) mass is 552 g/mol. The van der Waals surface area contributed by atoms with Crippen LogP contribution in [-0.4, -0.2) is 24.0 Å². The average molecular weight is 553 g/mol. The number of nitrogens with one attached hydrogen (secondary N) is 2. The van der Waals surface area contributed by atoms with E-state index in [9.17, 15) is 14.4 Å². The predicted octanol–water partition coefficient (Wildman–Crippen LogP) is 6.02. The lowest BCUT2D eigenvalue weighted by atomic mass is 10.1. The molecule has 0 fully saturated rings. The van der Waals surface area contributed by atoms with Gasteiger partial charge in [-0.15, -0.1) is 0 Å². The van der Waals surface area contributed by atoms with Crippen molar-refractivity contribution in [1.82, 2.24) is 5.32 Å². The minimum atomic E-state index is -1.07. The highest BCUT2D eigenvalue weighted by atomic mass is 16.6. The van der Waals surface area contributed by atoms with Gasteiger partial charge in [0.1, 0.15) is 31.6 Å². The molecule has 4 rings (SSSR count). The van der Waals surface area contributed by atoms with Crippen LogP contribution in [0.1, 0.15) is 29.5 Å². The van der Waals surface area contributed by atoms with Crippen molar-refractivity contribution in [3.8, 4) is 5.75 Å². The third kappa shape index (κ3) is 10.2. The first-order valence-electron chi connectivity index (χ1n) is 13.3. The Kier molecular flexibility index (Phi) is 10.9. The van der Waals surface area contributed by atoms with Gasteiger partial charge in [0.15, 0.2) is 0 Å². The number of amides is 2. The van der Waals surface area contributed by atoms with Crippen LogP contribution in [0.5, 0.6) is 5.75 Å². The summed E-state index contributed by atoms with van der Waals surface area (Å²) in [6.07, 6.45) is -0.781. The number of carbonyl (C=O) groups excluding carboxylic acids is 3. The molecule has 41 heavy (non-hydrogen) atoms. The number of carbonyl (C=O) groups is 3. The number of benzene rings is 4. The number of esters is 1. The van der Waals surface area contributed by atoms with Gasteiger partial charge >= 0.3 is 12.1 Å². The Morgan fingerprint density at radius 2 is 1.12 bits per heavy atom. The molecule has 0 heterocycles. The van der Waals surface area contributed by atoms with Crippen LogP contribution in [0.4, 0.5) is 10.5 Å². The van der Waals surface area contributed by atoms with E-state index >= 15 is 0 Å². The van der Waals surface area contributed by atoms with Crippen molar-refractivity contribution in [2.75, 3.05) is 5.32 Å². The van der Waals surface area contributed by atoms with Gasteiger partial charge in [-0.1, -0.05) is 91.0 Å². The maximum Gasteiger partial charge on any atom is 0.408 e. The lowest BCUT2D eigenvalue weighted by Crippen LogP contribution is -2.42. The first kappa shape index (κ1) is 28.9. The molecule has 0 aliphatic carbocycles. The molecule has 0 unspecified atom stereocenters. The van der Waals surface area contributed by atoms with Gasteiger partial charge in [0.2, 0.25) is 5.91 Å². The SMILES string of the molecule is O=C(CC[C@H](NC(=O)OCc1ccccc1)C(=O)OCc1ccccc1)Nc1ccc(OCc2ccccc2)cc1. The molecule has 0 radical (unpaired) electrons. The van der Waals surface area contributed by atoms with E-state index in [1.807, 2.05) is 91.0 Å². The molecule has 0 saturated carbocycles. The summed E-state index contributed by atoms with van der Waals surface area (Å²) < 4.78 is 16.5. The molecule has 0 spiro atoms. The van der Waals surface area contributed by atoms with Gasteiger partial charge in [0, 0.05) is 12.1 Å². The van der Waals surface area contributed by atoms with Crippen molar-refractivity contribution in [1.29, 1.82) is 0 Å². The van der Waals surface area contributed by atoms with Gasteiger partial charge in [-0.2, -0.15) is 0 Å². The van der Waals surface area contributed by atoms with Crippen LogP contribution in [-0.2, 0) is 38.9 Å². The lowest BCUT2D eigenvalue weighted by Gasteiger charge is -2.18. The molecule has 8 nitrogen and oxygen atoms in total. The Hall–Kier alpha value is -5.11. The molecular formula is C33H32N2O6. The molecule has 2 amide bonds. The number of rotatable bonds is 13. The van der Waals surface area contributed by atoms with Gasteiger partial charge < -0.3 is 24.8 Å². The summed E-state index contributed by atoms with van der Waals surface area (Å²) in [4.78, 5) is 38.0. The highest BCUT2D eigenvalue weighted by molar-refractivity contribution is 5.91. The second kappa shape index (κ2) is 15.5. The van der Waals surface area contributed by atoms with Crippen LogP contribution in [0.15, 0.2) is 115 Å². The summed E-state index contributed by atoms with van der Waals surface area (Å²) in [5.74, 6) is -0.298. The minimum absolute atomic E-state index is 0.0260. The van der Waals surface area contributed by atoms with Crippen molar-refractivity contribution in [2.24, 2.45) is 0 Å². The van der Waals surface area contributed by atoms with Gasteiger partial charge in [0.25, 0.3) is 0 Å². The fraction of sp³-hybridized carbons (Fsp3) is 0.182. The Morgan fingerprint density at radius 1 is 0.610 bits per heavy atom. The molecule has 0 aliphatic heterocycles. The first-order chi connectivity index (χ1) is 20.0. The summed E-state index contributed by atoms with van der Waals surface area (Å²) in [6, 6.07) is 34.2. The highest BCUT2D eigenvalue weighted by Crippen LogP contribution is 2.18. The number of hydrogen-bond acceptors (Lipinski definition) is 6. The Labute approximate surface area is 239 Å². The lowest BCUT2D eigenvalue weighted by molar-refractivity contribution is -0.147. The van der Waals surface area contributed by atoms with Crippen molar-refractivity contribution in [3.63, 3.8) is 0 Å². The Balaban J connectivity index is 1.28. The number of ether oxygens (including phenoxy) is 3. The van der Waals surface area contributed by atoms with E-state index in [1.54, 1.807) is 24.3 Å². The molecular weight excluding hydrogens is 520 g/mol. The molecule has 210 valence electrons. The van der Waals surface area contributed by atoms with Crippen molar-refractivity contribution in [3.05, 3.63) is 132 Å². The van der Waals surface area contributed by atoms with Gasteiger partial charge in [0.05, 0.1) is 0 Å². The normalized spacial score (nSPS) is 11.1. The smallest absolute Gasteiger partial charge is 0.408 e. The van der Waals surface area contributed by atoms with Crippen LogP contribution in [0.25, 0.3) is 0 Å². The fourth-order valence-corrected chi connectivity index (χ4v) is 3.86. The zero-order valence-corrected chi connectivity index (χ0v) is 22.5. The van der Waals surface area contributed by atoms with Gasteiger partial charge in [-0.3, -0.25) is 4.79 Å². The zero-order valence-electron chi connectivity index (χ0n) is 22.5. The maximum absolute atomic E-state index is 12.9. The van der Waals surface area contributed by atoms with Crippen LogP contribution < -0.4 is 15.4 Å².